The molecule has 0 aliphatic heterocycles. The molecule has 0 aliphatic rings. The van der Waals surface area contributed by atoms with Gasteiger partial charge in [0.05, 0.1) is 23.9 Å². The largest absolute Gasteiger partial charge is 0.461 e. The lowest BCUT2D eigenvalue weighted by molar-refractivity contribution is -0.111. The summed E-state index contributed by atoms with van der Waals surface area (Å²) >= 11 is 0. The van der Waals surface area contributed by atoms with E-state index in [0.717, 1.165) is 21.0 Å². The Bertz CT molecular complexity index is 1570. The Kier molecular flexibility index (Phi) is 5.90. The highest BCUT2D eigenvalue weighted by Gasteiger charge is 2.27. The van der Waals surface area contributed by atoms with Crippen molar-refractivity contribution in [3.8, 4) is 11.8 Å². The van der Waals surface area contributed by atoms with Gasteiger partial charge < -0.3 is 10.1 Å². The third kappa shape index (κ3) is 4.31. The highest BCUT2D eigenvalue weighted by Crippen LogP contribution is 2.28. The van der Waals surface area contributed by atoms with Crippen LogP contribution in [0.25, 0.3) is 21.7 Å². The van der Waals surface area contributed by atoms with E-state index in [4.69, 9.17) is 4.74 Å². The number of benzene rings is 3. The number of rotatable bonds is 4. The summed E-state index contributed by atoms with van der Waals surface area (Å²) in [6.45, 7) is 1.67. The van der Waals surface area contributed by atoms with Crippen molar-refractivity contribution in [2.75, 3.05) is 18.2 Å². The fourth-order valence-corrected chi connectivity index (χ4v) is 4.69. The minimum absolute atomic E-state index is 0.0541. The molecule has 8 heteroatoms. The number of ether oxygens (including phenoxy) is 1. The fourth-order valence-electron chi connectivity index (χ4n) is 3.67. The number of anilines is 1. The smallest absolute Gasteiger partial charge is 0.357 e. The van der Waals surface area contributed by atoms with Crippen molar-refractivity contribution in [2.24, 2.45) is 0 Å². The zero-order chi connectivity index (χ0) is 23.6. The molecule has 0 spiro atoms. The Hall–Kier alpha value is -4.09. The molecule has 0 saturated heterocycles. The molecule has 0 bridgehead atoms. The molecule has 0 saturated carbocycles. The molecule has 1 heterocycles. The predicted octanol–water partition coefficient (Wildman–Crippen LogP) is 3.77. The summed E-state index contributed by atoms with van der Waals surface area (Å²) in [5.41, 5.74) is 0.756. The lowest BCUT2D eigenvalue weighted by Crippen LogP contribution is -2.19. The number of fused-ring (bicyclic) bond motifs is 2. The average Bonchev–Trinajstić information content (AvgIpc) is 3.13. The zero-order valence-electron chi connectivity index (χ0n) is 18.0. The number of esters is 1. The maximum absolute atomic E-state index is 12.7. The summed E-state index contributed by atoms with van der Waals surface area (Å²) < 4.78 is 31.0. The second kappa shape index (κ2) is 8.81. The molecular formula is C25H20N2O5S. The van der Waals surface area contributed by atoms with E-state index in [0.29, 0.717) is 11.1 Å². The molecular weight excluding hydrogens is 440 g/mol. The second-order valence-electron chi connectivity index (χ2n) is 7.22. The number of hydrogen-bond acceptors (Lipinski definition) is 5. The first-order valence-corrected chi connectivity index (χ1v) is 12.0. The third-order valence-corrected chi connectivity index (χ3v) is 6.01. The van der Waals surface area contributed by atoms with Crippen LogP contribution in [0, 0.1) is 11.8 Å². The van der Waals surface area contributed by atoms with Crippen LogP contribution in [0.15, 0.2) is 66.7 Å². The van der Waals surface area contributed by atoms with Crippen molar-refractivity contribution in [1.82, 2.24) is 3.97 Å². The number of carbonyl (C=O) groups is 2. The van der Waals surface area contributed by atoms with Gasteiger partial charge in [0.15, 0.2) is 5.69 Å². The topological polar surface area (TPSA) is 94.5 Å². The van der Waals surface area contributed by atoms with E-state index < -0.39 is 21.9 Å². The van der Waals surface area contributed by atoms with Crippen LogP contribution >= 0.6 is 0 Å². The van der Waals surface area contributed by atoms with Gasteiger partial charge in [-0.25, -0.2) is 17.2 Å². The third-order valence-electron chi connectivity index (χ3n) is 4.97. The Morgan fingerprint density at radius 2 is 1.64 bits per heavy atom. The van der Waals surface area contributed by atoms with Crippen LogP contribution in [-0.2, 0) is 19.6 Å². The normalized spacial score (nSPS) is 11.1. The highest BCUT2D eigenvalue weighted by molar-refractivity contribution is 7.89. The molecule has 166 valence electrons. The van der Waals surface area contributed by atoms with Crippen LogP contribution < -0.4 is 5.32 Å². The maximum atomic E-state index is 12.7. The van der Waals surface area contributed by atoms with E-state index in [1.165, 1.54) is 0 Å². The minimum Gasteiger partial charge on any atom is -0.461 e. The van der Waals surface area contributed by atoms with Crippen molar-refractivity contribution in [3.05, 3.63) is 78.0 Å². The zero-order valence-corrected chi connectivity index (χ0v) is 18.8. The average molecular weight is 461 g/mol. The van der Waals surface area contributed by atoms with Gasteiger partial charge in [-0.1, -0.05) is 60.5 Å². The van der Waals surface area contributed by atoms with Gasteiger partial charge in [0.2, 0.25) is 10.0 Å². The molecule has 3 aromatic carbocycles. The SMILES string of the molecule is CCOC(=O)c1c(C#CC(=O)Nc2cccc3ccccc23)c2ccccc2n1S(C)(=O)=O. The molecule has 1 amide bonds. The van der Waals surface area contributed by atoms with E-state index in [2.05, 4.69) is 17.2 Å². The lowest BCUT2D eigenvalue weighted by Gasteiger charge is -2.08. The van der Waals surface area contributed by atoms with Gasteiger partial charge in [-0.2, -0.15) is 0 Å². The lowest BCUT2D eigenvalue weighted by atomic mass is 10.1. The summed E-state index contributed by atoms with van der Waals surface area (Å²) in [5.74, 6) is 3.76. The van der Waals surface area contributed by atoms with Crippen molar-refractivity contribution >= 4 is 49.3 Å². The maximum Gasteiger partial charge on any atom is 0.357 e. The van der Waals surface area contributed by atoms with Gasteiger partial charge in [0.1, 0.15) is 0 Å². The second-order valence-corrected chi connectivity index (χ2v) is 9.05. The Labute approximate surface area is 191 Å². The molecule has 0 aliphatic carbocycles. The monoisotopic (exact) mass is 460 g/mol. The Morgan fingerprint density at radius 3 is 2.36 bits per heavy atom. The predicted molar refractivity (Wildman–Crippen MR) is 128 cm³/mol. The van der Waals surface area contributed by atoms with Gasteiger partial charge >= 0.3 is 11.9 Å². The quantitative estimate of drug-likeness (QED) is 0.370. The number of nitrogens with one attached hydrogen (secondary N) is 1. The van der Waals surface area contributed by atoms with E-state index in [1.807, 2.05) is 36.4 Å². The summed E-state index contributed by atoms with van der Waals surface area (Å²) in [4.78, 5) is 25.4. The Balaban J connectivity index is 1.82. The minimum atomic E-state index is -3.87. The number of amides is 1. The molecule has 1 N–H and O–H groups in total. The van der Waals surface area contributed by atoms with Crippen LogP contribution in [0.5, 0.6) is 0 Å². The van der Waals surface area contributed by atoms with Crippen LogP contribution in [0.1, 0.15) is 23.0 Å². The number of aromatic nitrogens is 1. The van der Waals surface area contributed by atoms with E-state index in [9.17, 15) is 18.0 Å². The Morgan fingerprint density at radius 1 is 0.970 bits per heavy atom. The van der Waals surface area contributed by atoms with Gasteiger partial charge in [0.25, 0.3) is 0 Å². The van der Waals surface area contributed by atoms with Crippen LogP contribution in [0.2, 0.25) is 0 Å². The van der Waals surface area contributed by atoms with Crippen molar-refractivity contribution in [1.29, 1.82) is 0 Å². The number of hydrogen-bond donors (Lipinski definition) is 1. The standard InChI is InChI=1S/C25H20N2O5S/c1-3-32-25(29)24-20(19-12-6-7-14-22(19)27(24)33(2,30)31)15-16-23(28)26-21-13-8-10-17-9-4-5-11-18(17)21/h4-14H,3H2,1-2H3,(H,26,28). The number of carbonyl (C=O) groups excluding carboxylic acids is 2. The van der Waals surface area contributed by atoms with E-state index >= 15 is 0 Å². The van der Waals surface area contributed by atoms with Gasteiger partial charge in [-0.15, -0.1) is 0 Å². The molecule has 7 nitrogen and oxygen atoms in total. The fraction of sp³-hybridized carbons (Fsp3) is 0.120. The number of nitrogens with zero attached hydrogens (tertiary/aromatic N) is 1. The van der Waals surface area contributed by atoms with Crippen molar-refractivity contribution in [3.63, 3.8) is 0 Å². The first-order valence-electron chi connectivity index (χ1n) is 10.1. The summed E-state index contributed by atoms with van der Waals surface area (Å²) in [7, 11) is -3.87. The summed E-state index contributed by atoms with van der Waals surface area (Å²) in [6.07, 6.45) is 0.993. The molecule has 4 rings (SSSR count). The van der Waals surface area contributed by atoms with Crippen LogP contribution in [0.3, 0.4) is 0 Å². The van der Waals surface area contributed by atoms with Gasteiger partial charge in [0, 0.05) is 22.4 Å². The first-order chi connectivity index (χ1) is 15.8. The molecule has 0 radical (unpaired) electrons. The molecule has 0 atom stereocenters. The summed E-state index contributed by atoms with van der Waals surface area (Å²) in [6, 6.07) is 19.7. The van der Waals surface area contributed by atoms with Crippen molar-refractivity contribution < 1.29 is 22.7 Å². The van der Waals surface area contributed by atoms with Crippen LogP contribution in [0.4, 0.5) is 5.69 Å². The highest BCUT2D eigenvalue weighted by atomic mass is 32.2. The first kappa shape index (κ1) is 22.1. The molecule has 0 fully saturated rings. The van der Waals surface area contributed by atoms with E-state index in [-0.39, 0.29) is 23.4 Å². The summed E-state index contributed by atoms with van der Waals surface area (Å²) in [5, 5.41) is 5.01. The molecule has 1 aromatic heterocycles. The molecule has 4 aromatic rings. The van der Waals surface area contributed by atoms with Gasteiger partial charge in [-0.05, 0) is 24.4 Å². The van der Waals surface area contributed by atoms with E-state index in [1.54, 1.807) is 37.3 Å². The van der Waals surface area contributed by atoms with Gasteiger partial charge in [-0.3, -0.25) is 4.79 Å². The van der Waals surface area contributed by atoms with Crippen molar-refractivity contribution in [2.45, 2.75) is 6.92 Å². The number of para-hydroxylation sites is 1. The van der Waals surface area contributed by atoms with Crippen LogP contribution in [-0.4, -0.2) is 37.1 Å². The molecule has 33 heavy (non-hydrogen) atoms. The molecule has 0 unspecified atom stereocenters.